The molecule has 0 bridgehead atoms. The van der Waals surface area contributed by atoms with Crippen molar-refractivity contribution in [3.63, 3.8) is 0 Å². The monoisotopic (exact) mass is 763 g/mol. The van der Waals surface area contributed by atoms with Crippen LogP contribution in [0.1, 0.15) is 50.7 Å². The molecule has 3 aromatic heterocycles. The Morgan fingerprint density at radius 2 is 1.50 bits per heavy atom. The van der Waals surface area contributed by atoms with Gasteiger partial charge in [0.05, 0.1) is 0 Å². The van der Waals surface area contributed by atoms with Gasteiger partial charge >= 0.3 is 0 Å². The van der Waals surface area contributed by atoms with Gasteiger partial charge in [-0.05, 0) is 51.0 Å². The second kappa shape index (κ2) is 13.6. The van der Waals surface area contributed by atoms with Gasteiger partial charge in [-0.25, -0.2) is 0 Å². The second-order valence-corrected chi connectivity index (χ2v) is 18.3. The number of nitrogens with zero attached hydrogens (tertiary/aromatic N) is 2. The first-order valence-corrected chi connectivity index (χ1v) is 18.7. The quantitative estimate of drug-likeness (QED) is 0.129. The third kappa shape index (κ3) is 6.98. The molecule has 3 heterocycles. The molecule has 0 unspecified atom stereocenters. The fourth-order valence-corrected chi connectivity index (χ4v) is 7.79. The number of pyridine rings is 2. The molecule has 1 radical (unpaired) electrons. The fourth-order valence-electron chi connectivity index (χ4n) is 4.95. The van der Waals surface area contributed by atoms with Crippen molar-refractivity contribution in [2.45, 2.75) is 59.2 Å². The van der Waals surface area contributed by atoms with Crippen LogP contribution in [0.4, 0.5) is 0 Å². The van der Waals surface area contributed by atoms with Crippen LogP contribution in [-0.4, -0.2) is 18.0 Å². The average molecular weight is 763 g/mol. The zero-order valence-electron chi connectivity index (χ0n) is 25.5. The molecule has 5 heteroatoms. The maximum atomic E-state index is 4.69. The maximum absolute atomic E-state index is 4.69. The predicted octanol–water partition coefficient (Wildman–Crippen LogP) is 10.3. The van der Waals surface area contributed by atoms with E-state index in [0.29, 0.717) is 11.8 Å². The first-order chi connectivity index (χ1) is 19.6. The summed E-state index contributed by atoms with van der Waals surface area (Å²) in [5.74, 6) is 1.03. The van der Waals surface area contributed by atoms with E-state index in [1.54, 1.807) is 0 Å². The molecule has 0 aliphatic heterocycles. The molecule has 6 aromatic rings. The molecule has 3 aromatic carbocycles. The molecule has 217 valence electrons. The average Bonchev–Trinajstić information content (AvgIpc) is 3.37. The van der Waals surface area contributed by atoms with Crippen LogP contribution in [0.25, 0.3) is 42.7 Å². The molecule has 0 spiro atoms. The van der Waals surface area contributed by atoms with E-state index in [2.05, 4.69) is 119 Å². The molecule has 0 saturated carbocycles. The molecular formula is C37H38IrN2SSi-2. The topological polar surface area (TPSA) is 25.8 Å². The van der Waals surface area contributed by atoms with Gasteiger partial charge in [0.2, 0.25) is 0 Å². The third-order valence-electron chi connectivity index (χ3n) is 7.41. The van der Waals surface area contributed by atoms with Crippen molar-refractivity contribution in [2.75, 3.05) is 0 Å². The molecule has 0 saturated heterocycles. The van der Waals surface area contributed by atoms with Crippen LogP contribution in [0.3, 0.4) is 0 Å². The number of hydrogen-bond donors (Lipinski definition) is 0. The summed E-state index contributed by atoms with van der Waals surface area (Å²) in [7, 11) is -1.48. The zero-order valence-corrected chi connectivity index (χ0v) is 29.7. The van der Waals surface area contributed by atoms with Crippen molar-refractivity contribution in [1.82, 2.24) is 9.97 Å². The Labute approximate surface area is 269 Å². The van der Waals surface area contributed by atoms with E-state index in [1.807, 2.05) is 48.0 Å². The van der Waals surface area contributed by atoms with Crippen LogP contribution < -0.4 is 5.19 Å². The molecule has 0 N–H and O–H groups in total. The Morgan fingerprint density at radius 3 is 2.14 bits per heavy atom. The molecule has 2 nitrogen and oxygen atoms in total. The maximum Gasteiger partial charge on any atom is 0.0300 e. The number of aromatic nitrogens is 2. The Balaban J connectivity index is 0.000000216. The standard InChI is InChI=1S/C23H24NSSi.C14H14N.Ir/c1-15(2)16-12-13-24-19(14-16)17-10-11-21(26(3,4)5)22-18-8-6-7-9-20(18)25-23(17)22;1-11(2)13-8-9-14(15-10-13)12-6-4-3-5-7-12;/h6-9,11-15H,1-5H3;3-6,8-11H,1-2H3;/q2*-1;. The minimum absolute atomic E-state index is 0. The Kier molecular flexibility index (Phi) is 10.3. The van der Waals surface area contributed by atoms with Gasteiger partial charge in [0, 0.05) is 45.3 Å². The normalized spacial score (nSPS) is 11.5. The van der Waals surface area contributed by atoms with Gasteiger partial charge in [-0.1, -0.05) is 94.7 Å². The van der Waals surface area contributed by atoms with Gasteiger partial charge in [-0.3, -0.25) is 0 Å². The van der Waals surface area contributed by atoms with E-state index < -0.39 is 8.07 Å². The van der Waals surface area contributed by atoms with Crippen LogP contribution >= 0.6 is 11.3 Å². The molecule has 6 rings (SSSR count). The molecule has 0 aliphatic rings. The van der Waals surface area contributed by atoms with Crippen molar-refractivity contribution < 1.29 is 20.1 Å². The molecule has 42 heavy (non-hydrogen) atoms. The van der Waals surface area contributed by atoms with E-state index >= 15 is 0 Å². The van der Waals surface area contributed by atoms with Gasteiger partial charge < -0.3 is 9.97 Å². The van der Waals surface area contributed by atoms with Crippen molar-refractivity contribution in [3.8, 4) is 22.5 Å². The second-order valence-electron chi connectivity index (χ2n) is 12.2. The summed E-state index contributed by atoms with van der Waals surface area (Å²) in [5.41, 5.74) is 6.81. The van der Waals surface area contributed by atoms with Gasteiger partial charge in [-0.2, -0.15) is 11.3 Å². The Bertz CT molecular complexity index is 1770. The van der Waals surface area contributed by atoms with Gasteiger partial charge in [-0.15, -0.1) is 58.8 Å². The van der Waals surface area contributed by atoms with Crippen LogP contribution in [-0.2, 0) is 20.1 Å². The van der Waals surface area contributed by atoms with E-state index in [9.17, 15) is 0 Å². The molecule has 0 atom stereocenters. The summed E-state index contributed by atoms with van der Waals surface area (Å²) < 4.78 is 2.68. The molecule has 0 aliphatic carbocycles. The summed E-state index contributed by atoms with van der Waals surface area (Å²) in [6.45, 7) is 16.0. The zero-order chi connectivity index (χ0) is 29.1. The summed E-state index contributed by atoms with van der Waals surface area (Å²) >= 11 is 1.88. The van der Waals surface area contributed by atoms with E-state index in [1.165, 1.54) is 36.5 Å². The van der Waals surface area contributed by atoms with Crippen molar-refractivity contribution in [1.29, 1.82) is 0 Å². The summed E-state index contributed by atoms with van der Waals surface area (Å²) in [6.07, 6.45) is 3.88. The Hall–Kier alpha value is -2.95. The largest absolute Gasteiger partial charge is 0.305 e. The first kappa shape index (κ1) is 32.0. The Morgan fingerprint density at radius 1 is 0.762 bits per heavy atom. The smallest absolute Gasteiger partial charge is 0.0300 e. The first-order valence-electron chi connectivity index (χ1n) is 14.4. The van der Waals surface area contributed by atoms with Gasteiger partial charge in [0.1, 0.15) is 0 Å². The third-order valence-corrected chi connectivity index (χ3v) is 10.6. The van der Waals surface area contributed by atoms with Crippen molar-refractivity contribution in [2.24, 2.45) is 0 Å². The minimum Gasteiger partial charge on any atom is -0.305 e. The van der Waals surface area contributed by atoms with Crippen molar-refractivity contribution >= 4 is 44.8 Å². The van der Waals surface area contributed by atoms with Crippen LogP contribution in [0, 0.1) is 12.1 Å². The fraction of sp³-hybridized carbons (Fsp3) is 0.243. The van der Waals surface area contributed by atoms with Crippen LogP contribution in [0.15, 0.2) is 91.3 Å². The number of thiophene rings is 1. The van der Waals surface area contributed by atoms with E-state index in [0.717, 1.165) is 22.5 Å². The van der Waals surface area contributed by atoms with Crippen LogP contribution in [0.5, 0.6) is 0 Å². The molecular weight excluding hydrogens is 725 g/mol. The molecule has 0 fully saturated rings. The van der Waals surface area contributed by atoms with E-state index in [-0.39, 0.29) is 20.1 Å². The number of hydrogen-bond acceptors (Lipinski definition) is 3. The number of rotatable bonds is 5. The van der Waals surface area contributed by atoms with Crippen LogP contribution in [0.2, 0.25) is 19.6 Å². The minimum atomic E-state index is -1.48. The number of fused-ring (bicyclic) bond motifs is 3. The van der Waals surface area contributed by atoms with Gasteiger partial charge in [0.25, 0.3) is 0 Å². The SMILES string of the molecule is CC(C)c1ccc(-c2[c-]cccc2)nc1.CC(C)c1ccnc(-c2[c-]cc([Si](C)(C)C)c3c2sc2ccccc23)c1.[Ir]. The van der Waals surface area contributed by atoms with E-state index in [4.69, 9.17) is 4.98 Å². The molecule has 0 amide bonds. The number of benzene rings is 3. The summed E-state index contributed by atoms with van der Waals surface area (Å²) in [6, 6.07) is 34.2. The van der Waals surface area contributed by atoms with Gasteiger partial charge in [0.15, 0.2) is 0 Å². The van der Waals surface area contributed by atoms with Crippen molar-refractivity contribution in [3.05, 3.63) is 115 Å². The predicted molar refractivity (Wildman–Crippen MR) is 181 cm³/mol. The summed E-state index contributed by atoms with van der Waals surface area (Å²) in [5, 5.41) is 4.30. The summed E-state index contributed by atoms with van der Waals surface area (Å²) in [4.78, 5) is 9.13.